The molecule has 3 atom stereocenters. The van der Waals surface area contributed by atoms with E-state index in [0.717, 1.165) is 25.7 Å². The summed E-state index contributed by atoms with van der Waals surface area (Å²) in [5.41, 5.74) is 6.25. The zero-order chi connectivity index (χ0) is 11.5. The number of hydrogen-bond donors (Lipinski definition) is 2. The van der Waals surface area contributed by atoms with Crippen molar-refractivity contribution < 1.29 is 9.84 Å². The molecule has 3 N–H and O–H groups in total. The van der Waals surface area contributed by atoms with E-state index < -0.39 is 6.23 Å². The van der Waals surface area contributed by atoms with Crippen molar-refractivity contribution >= 4 is 0 Å². The second-order valence-corrected chi connectivity index (χ2v) is 4.51. The van der Waals surface area contributed by atoms with E-state index >= 15 is 0 Å². The lowest BCUT2D eigenvalue weighted by Crippen LogP contribution is -2.46. The van der Waals surface area contributed by atoms with E-state index in [1.807, 2.05) is 17.2 Å². The Kier molecular flexibility index (Phi) is 3.51. The molecule has 4 heteroatoms. The van der Waals surface area contributed by atoms with E-state index in [1.165, 1.54) is 0 Å². The summed E-state index contributed by atoms with van der Waals surface area (Å²) in [5.74, 6) is 0. The van der Waals surface area contributed by atoms with Gasteiger partial charge in [-0.3, -0.25) is 0 Å². The third kappa shape index (κ3) is 2.23. The number of allylic oxidation sites excluding steroid dienone is 2. The van der Waals surface area contributed by atoms with E-state index in [2.05, 4.69) is 0 Å². The van der Waals surface area contributed by atoms with Gasteiger partial charge in [0, 0.05) is 19.4 Å². The standard InChI is InChI=1S/C12H20N2O2/c1-16-10-5-2-4-9(8-10)14-7-3-6-11(13)12(14)15/h3,6-7,9-10,12,15H,2,4-5,8,13H2,1H3/t9-,10-,12?/m1/s1. The molecule has 0 aromatic heterocycles. The van der Waals surface area contributed by atoms with Crippen molar-refractivity contribution in [1.29, 1.82) is 0 Å². The summed E-state index contributed by atoms with van der Waals surface area (Å²) < 4.78 is 5.40. The Morgan fingerprint density at radius 1 is 1.50 bits per heavy atom. The zero-order valence-corrected chi connectivity index (χ0v) is 9.67. The first kappa shape index (κ1) is 11.5. The first-order valence-electron chi connectivity index (χ1n) is 5.84. The third-order valence-electron chi connectivity index (χ3n) is 3.48. The largest absolute Gasteiger partial charge is 0.398 e. The quantitative estimate of drug-likeness (QED) is 0.732. The van der Waals surface area contributed by atoms with Gasteiger partial charge in [0.2, 0.25) is 0 Å². The molecule has 0 aromatic rings. The number of nitrogens with two attached hydrogens (primary N) is 1. The van der Waals surface area contributed by atoms with Crippen LogP contribution in [0.4, 0.5) is 0 Å². The topological polar surface area (TPSA) is 58.7 Å². The van der Waals surface area contributed by atoms with Crippen LogP contribution >= 0.6 is 0 Å². The van der Waals surface area contributed by atoms with Crippen LogP contribution in [0.3, 0.4) is 0 Å². The highest BCUT2D eigenvalue weighted by atomic mass is 16.5. The van der Waals surface area contributed by atoms with E-state index in [-0.39, 0.29) is 0 Å². The van der Waals surface area contributed by atoms with Crippen molar-refractivity contribution in [3.05, 3.63) is 24.0 Å². The number of methoxy groups -OCH3 is 1. The number of aliphatic hydroxyl groups excluding tert-OH is 1. The van der Waals surface area contributed by atoms with Crippen LogP contribution in [0.15, 0.2) is 24.0 Å². The summed E-state index contributed by atoms with van der Waals surface area (Å²) in [5, 5.41) is 9.99. The Morgan fingerprint density at radius 2 is 2.31 bits per heavy atom. The van der Waals surface area contributed by atoms with Crippen LogP contribution in [0, 0.1) is 0 Å². The van der Waals surface area contributed by atoms with Gasteiger partial charge in [0.05, 0.1) is 11.8 Å². The van der Waals surface area contributed by atoms with E-state index in [4.69, 9.17) is 10.5 Å². The van der Waals surface area contributed by atoms with Gasteiger partial charge in [0.1, 0.15) is 0 Å². The van der Waals surface area contributed by atoms with Crippen molar-refractivity contribution in [2.45, 2.75) is 44.1 Å². The maximum absolute atomic E-state index is 9.99. The lowest BCUT2D eigenvalue weighted by molar-refractivity contribution is -0.0127. The Morgan fingerprint density at radius 3 is 3.06 bits per heavy atom. The number of ether oxygens (including phenoxy) is 1. The van der Waals surface area contributed by atoms with Crippen molar-refractivity contribution in [1.82, 2.24) is 4.90 Å². The molecule has 1 aliphatic carbocycles. The SMILES string of the molecule is CO[C@@H]1CCC[C@@H](N2C=CC=C(N)C2O)C1. The van der Waals surface area contributed by atoms with Gasteiger partial charge in [-0.1, -0.05) is 0 Å². The zero-order valence-electron chi connectivity index (χ0n) is 9.67. The Labute approximate surface area is 96.4 Å². The second kappa shape index (κ2) is 4.89. The fraction of sp³-hybridized carbons (Fsp3) is 0.667. The van der Waals surface area contributed by atoms with Crippen LogP contribution in [0.25, 0.3) is 0 Å². The van der Waals surface area contributed by atoms with Gasteiger partial charge in [-0.25, -0.2) is 0 Å². The molecule has 4 nitrogen and oxygen atoms in total. The highest BCUT2D eigenvalue weighted by molar-refractivity contribution is 5.19. The maximum Gasteiger partial charge on any atom is 0.167 e. The highest BCUT2D eigenvalue weighted by Gasteiger charge is 2.30. The molecule has 90 valence electrons. The molecule has 0 radical (unpaired) electrons. The van der Waals surface area contributed by atoms with E-state index in [9.17, 15) is 5.11 Å². The van der Waals surface area contributed by atoms with Gasteiger partial charge in [-0.2, -0.15) is 0 Å². The van der Waals surface area contributed by atoms with Gasteiger partial charge in [-0.15, -0.1) is 0 Å². The Bertz CT molecular complexity index is 301. The summed E-state index contributed by atoms with van der Waals surface area (Å²) in [7, 11) is 1.75. The van der Waals surface area contributed by atoms with Crippen molar-refractivity contribution in [3.8, 4) is 0 Å². The fourth-order valence-electron chi connectivity index (χ4n) is 2.52. The number of nitrogens with zero attached hydrogens (tertiary/aromatic N) is 1. The Hall–Kier alpha value is -1.00. The summed E-state index contributed by atoms with van der Waals surface area (Å²) in [6.45, 7) is 0. The number of rotatable bonds is 2. The molecule has 1 fully saturated rings. The molecule has 0 amide bonds. The molecular weight excluding hydrogens is 204 g/mol. The highest BCUT2D eigenvalue weighted by Crippen LogP contribution is 2.28. The summed E-state index contributed by atoms with van der Waals surface area (Å²) in [6.07, 6.45) is 9.51. The van der Waals surface area contributed by atoms with Crippen molar-refractivity contribution in [2.24, 2.45) is 5.73 Å². The lowest BCUT2D eigenvalue weighted by Gasteiger charge is -2.40. The van der Waals surface area contributed by atoms with E-state index in [1.54, 1.807) is 13.2 Å². The molecule has 1 aliphatic heterocycles. The predicted molar refractivity (Wildman–Crippen MR) is 62.3 cm³/mol. The molecule has 0 bridgehead atoms. The van der Waals surface area contributed by atoms with Gasteiger partial charge in [0.15, 0.2) is 6.23 Å². The number of hydrogen-bond acceptors (Lipinski definition) is 4. The van der Waals surface area contributed by atoms with Crippen LogP contribution in [-0.2, 0) is 4.74 Å². The van der Waals surface area contributed by atoms with Crippen molar-refractivity contribution in [3.63, 3.8) is 0 Å². The molecule has 1 saturated carbocycles. The minimum Gasteiger partial charge on any atom is -0.398 e. The monoisotopic (exact) mass is 224 g/mol. The fourth-order valence-corrected chi connectivity index (χ4v) is 2.52. The van der Waals surface area contributed by atoms with Crippen LogP contribution in [-0.4, -0.2) is 35.5 Å². The number of aliphatic hydroxyl groups is 1. The molecule has 0 aromatic carbocycles. The van der Waals surface area contributed by atoms with Crippen LogP contribution < -0.4 is 5.73 Å². The van der Waals surface area contributed by atoms with Crippen molar-refractivity contribution in [2.75, 3.05) is 7.11 Å². The van der Waals surface area contributed by atoms with Gasteiger partial charge >= 0.3 is 0 Å². The molecule has 1 unspecified atom stereocenters. The minimum atomic E-state index is -0.675. The lowest BCUT2D eigenvalue weighted by atomic mass is 9.91. The first-order chi connectivity index (χ1) is 7.72. The normalized spacial score (nSPS) is 35.0. The molecule has 2 rings (SSSR count). The van der Waals surface area contributed by atoms with Gasteiger partial charge in [-0.05, 0) is 37.8 Å². The smallest absolute Gasteiger partial charge is 0.167 e. The average Bonchev–Trinajstić information content (AvgIpc) is 2.33. The van der Waals surface area contributed by atoms with Gasteiger partial charge in [0.25, 0.3) is 0 Å². The van der Waals surface area contributed by atoms with Crippen LogP contribution in [0.1, 0.15) is 25.7 Å². The molecule has 0 spiro atoms. The predicted octanol–water partition coefficient (Wildman–Crippen LogP) is 0.934. The maximum atomic E-state index is 9.99. The third-order valence-corrected chi connectivity index (χ3v) is 3.48. The molecule has 1 heterocycles. The summed E-state index contributed by atoms with van der Waals surface area (Å²) >= 11 is 0. The van der Waals surface area contributed by atoms with E-state index in [0.29, 0.717) is 17.8 Å². The van der Waals surface area contributed by atoms with Gasteiger partial charge < -0.3 is 20.5 Å². The summed E-state index contributed by atoms with van der Waals surface area (Å²) in [4.78, 5) is 1.94. The molecular formula is C12H20N2O2. The molecule has 16 heavy (non-hydrogen) atoms. The average molecular weight is 224 g/mol. The Balaban J connectivity index is 2.02. The minimum absolute atomic E-state index is 0.312. The first-order valence-corrected chi connectivity index (χ1v) is 5.84. The van der Waals surface area contributed by atoms with Crippen LogP contribution in [0.5, 0.6) is 0 Å². The molecule has 0 saturated heterocycles. The molecule has 2 aliphatic rings. The van der Waals surface area contributed by atoms with Crippen LogP contribution in [0.2, 0.25) is 0 Å². The summed E-state index contributed by atoms with van der Waals surface area (Å²) in [6, 6.07) is 0.331. The second-order valence-electron chi connectivity index (χ2n) is 4.51.